The van der Waals surface area contributed by atoms with Gasteiger partial charge in [0.2, 0.25) is 11.6 Å². The summed E-state index contributed by atoms with van der Waals surface area (Å²) >= 11 is 0. The summed E-state index contributed by atoms with van der Waals surface area (Å²) in [5.41, 5.74) is 0.768. The molecule has 1 rings (SSSR count). The Bertz CT molecular complexity index is 356. The predicted octanol–water partition coefficient (Wildman–Crippen LogP) is 1.30. The molecule has 0 radical (unpaired) electrons. The Morgan fingerprint density at radius 2 is 1.65 bits per heavy atom. The molecule has 0 heterocycles. The number of carbonyl (C=O) groups is 2. The number of likely N-dealkylation sites (N-methyl/N-ethyl adjacent to an activating group) is 1. The predicted molar refractivity (Wildman–Crippen MR) is 67.4 cm³/mol. The molecule has 1 aliphatic rings. The molecule has 0 amide bonds. The fraction of sp³-hybridized carbons (Fsp3) is 0.538. The number of nitrogens with one attached hydrogen (secondary N) is 2. The van der Waals surface area contributed by atoms with E-state index in [0.29, 0.717) is 11.4 Å². The third-order valence-electron chi connectivity index (χ3n) is 2.71. The summed E-state index contributed by atoms with van der Waals surface area (Å²) in [4.78, 5) is 23.1. The van der Waals surface area contributed by atoms with Gasteiger partial charge in [0.15, 0.2) is 0 Å². The standard InChI is InChI=1S/C13H20N2O2/c1-3-4-5-6-9-15-13-11(17)8-7-10(16)12(13)14-2/h7-8,14-15H,3-6,9H2,1-2H3. The summed E-state index contributed by atoms with van der Waals surface area (Å²) in [5.74, 6) is -0.285. The first kappa shape index (κ1) is 13.5. The molecule has 0 aliphatic heterocycles. The number of allylic oxidation sites excluding steroid dienone is 2. The van der Waals surface area contributed by atoms with Gasteiger partial charge in [0.25, 0.3) is 0 Å². The van der Waals surface area contributed by atoms with Crippen molar-refractivity contribution in [1.82, 2.24) is 10.6 Å². The highest BCUT2D eigenvalue weighted by Gasteiger charge is 2.21. The molecule has 1 aliphatic carbocycles. The molecule has 94 valence electrons. The minimum absolute atomic E-state index is 0.135. The zero-order chi connectivity index (χ0) is 12.7. The van der Waals surface area contributed by atoms with Crippen LogP contribution in [-0.4, -0.2) is 25.2 Å². The first-order valence-corrected chi connectivity index (χ1v) is 6.13. The minimum atomic E-state index is -0.150. The van der Waals surface area contributed by atoms with Crippen LogP contribution in [0.15, 0.2) is 23.5 Å². The average Bonchev–Trinajstić information content (AvgIpc) is 2.33. The van der Waals surface area contributed by atoms with Gasteiger partial charge in [-0.05, 0) is 18.6 Å². The average molecular weight is 236 g/mol. The molecule has 0 bridgehead atoms. The fourth-order valence-corrected chi connectivity index (χ4v) is 1.75. The van der Waals surface area contributed by atoms with Crippen molar-refractivity contribution in [2.24, 2.45) is 0 Å². The maximum absolute atomic E-state index is 11.6. The topological polar surface area (TPSA) is 58.2 Å². The molecule has 0 aromatic rings. The SMILES string of the molecule is CCCCCCNC1=C(NC)C(=O)C=CC1=O. The minimum Gasteiger partial charge on any atom is -0.383 e. The number of hydrogen-bond acceptors (Lipinski definition) is 4. The number of carbonyl (C=O) groups excluding carboxylic acids is 2. The highest BCUT2D eigenvalue weighted by molar-refractivity contribution is 6.19. The normalized spacial score (nSPS) is 15.4. The van der Waals surface area contributed by atoms with E-state index in [1.54, 1.807) is 7.05 Å². The van der Waals surface area contributed by atoms with Gasteiger partial charge in [0.1, 0.15) is 11.4 Å². The van der Waals surface area contributed by atoms with Gasteiger partial charge in [-0.2, -0.15) is 0 Å². The van der Waals surface area contributed by atoms with Gasteiger partial charge in [0.05, 0.1) is 0 Å². The molecule has 2 N–H and O–H groups in total. The Kier molecular flexibility index (Phi) is 5.46. The van der Waals surface area contributed by atoms with E-state index in [9.17, 15) is 9.59 Å². The van der Waals surface area contributed by atoms with Crippen molar-refractivity contribution in [1.29, 1.82) is 0 Å². The van der Waals surface area contributed by atoms with Gasteiger partial charge in [0, 0.05) is 13.6 Å². The second-order valence-electron chi connectivity index (χ2n) is 4.05. The Balaban J connectivity index is 2.53. The van der Waals surface area contributed by atoms with Crippen molar-refractivity contribution >= 4 is 11.6 Å². The zero-order valence-corrected chi connectivity index (χ0v) is 10.5. The number of rotatable bonds is 7. The number of unbranched alkanes of at least 4 members (excludes halogenated alkanes) is 3. The quantitative estimate of drug-likeness (QED) is 0.516. The van der Waals surface area contributed by atoms with Gasteiger partial charge in [-0.25, -0.2) is 0 Å². The molecule has 0 aromatic carbocycles. The van der Waals surface area contributed by atoms with E-state index in [0.717, 1.165) is 19.4 Å². The highest BCUT2D eigenvalue weighted by atomic mass is 16.1. The van der Waals surface area contributed by atoms with E-state index >= 15 is 0 Å². The van der Waals surface area contributed by atoms with E-state index in [4.69, 9.17) is 0 Å². The highest BCUT2D eigenvalue weighted by Crippen LogP contribution is 2.09. The molecule has 0 atom stereocenters. The molecular formula is C13H20N2O2. The van der Waals surface area contributed by atoms with E-state index in [2.05, 4.69) is 17.6 Å². The van der Waals surface area contributed by atoms with Crippen LogP contribution < -0.4 is 10.6 Å². The van der Waals surface area contributed by atoms with Gasteiger partial charge in [-0.3, -0.25) is 9.59 Å². The first-order chi connectivity index (χ1) is 8.20. The summed E-state index contributed by atoms with van der Waals surface area (Å²) in [6.45, 7) is 2.89. The summed E-state index contributed by atoms with van der Waals surface area (Å²) in [5, 5.41) is 5.84. The van der Waals surface area contributed by atoms with Crippen molar-refractivity contribution in [3.8, 4) is 0 Å². The van der Waals surface area contributed by atoms with Crippen molar-refractivity contribution in [2.75, 3.05) is 13.6 Å². The molecule has 0 unspecified atom stereocenters. The van der Waals surface area contributed by atoms with Crippen LogP contribution >= 0.6 is 0 Å². The second kappa shape index (κ2) is 6.89. The van der Waals surface area contributed by atoms with Crippen LogP contribution in [0, 0.1) is 0 Å². The number of ketones is 2. The zero-order valence-electron chi connectivity index (χ0n) is 10.5. The summed E-state index contributed by atoms with van der Waals surface area (Å²) < 4.78 is 0. The molecular weight excluding hydrogens is 216 g/mol. The molecule has 0 aromatic heterocycles. The molecule has 0 fully saturated rings. The summed E-state index contributed by atoms with van der Waals surface area (Å²) in [6.07, 6.45) is 7.16. The Morgan fingerprint density at radius 1 is 1.00 bits per heavy atom. The molecule has 4 nitrogen and oxygen atoms in total. The lowest BCUT2D eigenvalue weighted by atomic mass is 10.1. The van der Waals surface area contributed by atoms with Crippen LogP contribution in [0.3, 0.4) is 0 Å². The van der Waals surface area contributed by atoms with Crippen molar-refractivity contribution < 1.29 is 9.59 Å². The van der Waals surface area contributed by atoms with E-state index in [1.165, 1.54) is 25.0 Å². The third-order valence-corrected chi connectivity index (χ3v) is 2.71. The van der Waals surface area contributed by atoms with Crippen LogP contribution in [0.1, 0.15) is 32.6 Å². The Morgan fingerprint density at radius 3 is 2.24 bits per heavy atom. The van der Waals surface area contributed by atoms with E-state index in [1.807, 2.05) is 0 Å². The van der Waals surface area contributed by atoms with Crippen LogP contribution in [0.5, 0.6) is 0 Å². The van der Waals surface area contributed by atoms with Crippen LogP contribution in [0.4, 0.5) is 0 Å². The maximum atomic E-state index is 11.6. The first-order valence-electron chi connectivity index (χ1n) is 6.13. The van der Waals surface area contributed by atoms with Gasteiger partial charge >= 0.3 is 0 Å². The monoisotopic (exact) mass is 236 g/mol. The molecule has 0 saturated carbocycles. The third kappa shape index (κ3) is 3.73. The molecule has 0 spiro atoms. The van der Waals surface area contributed by atoms with Gasteiger partial charge in [-0.15, -0.1) is 0 Å². The van der Waals surface area contributed by atoms with Crippen molar-refractivity contribution in [3.05, 3.63) is 23.5 Å². The lowest BCUT2D eigenvalue weighted by Gasteiger charge is -2.15. The largest absolute Gasteiger partial charge is 0.383 e. The van der Waals surface area contributed by atoms with Crippen LogP contribution in [0.2, 0.25) is 0 Å². The van der Waals surface area contributed by atoms with Gasteiger partial charge < -0.3 is 10.6 Å². The van der Waals surface area contributed by atoms with E-state index < -0.39 is 0 Å². The Labute approximate surface area is 102 Å². The smallest absolute Gasteiger partial charge is 0.204 e. The lowest BCUT2D eigenvalue weighted by Crippen LogP contribution is -2.31. The maximum Gasteiger partial charge on any atom is 0.204 e. The van der Waals surface area contributed by atoms with Gasteiger partial charge in [-0.1, -0.05) is 26.2 Å². The summed E-state index contributed by atoms with van der Waals surface area (Å²) in [7, 11) is 1.65. The molecule has 17 heavy (non-hydrogen) atoms. The molecule has 0 saturated heterocycles. The van der Waals surface area contributed by atoms with E-state index in [-0.39, 0.29) is 11.6 Å². The molecule has 4 heteroatoms. The lowest BCUT2D eigenvalue weighted by molar-refractivity contribution is -0.115. The fourth-order valence-electron chi connectivity index (χ4n) is 1.75. The second-order valence-corrected chi connectivity index (χ2v) is 4.05. The van der Waals surface area contributed by atoms with Crippen LogP contribution in [0.25, 0.3) is 0 Å². The number of hydrogen-bond donors (Lipinski definition) is 2. The van der Waals surface area contributed by atoms with Crippen molar-refractivity contribution in [3.63, 3.8) is 0 Å². The Hall–Kier alpha value is -1.58. The van der Waals surface area contributed by atoms with Crippen LogP contribution in [-0.2, 0) is 9.59 Å². The summed E-state index contributed by atoms with van der Waals surface area (Å²) in [6, 6.07) is 0. The van der Waals surface area contributed by atoms with Crippen molar-refractivity contribution in [2.45, 2.75) is 32.6 Å².